The fraction of sp³-hybridized carbons (Fsp3) is 0.321. The molecule has 41 heavy (non-hydrogen) atoms. The van der Waals surface area contributed by atoms with Crippen molar-refractivity contribution in [1.29, 1.82) is 0 Å². The van der Waals surface area contributed by atoms with Gasteiger partial charge in [-0.3, -0.25) is 14.3 Å². The number of thioether (sulfide) groups is 1. The molecule has 0 saturated carbocycles. The second-order valence-electron chi connectivity index (χ2n) is 9.13. The molecule has 0 atom stereocenters. The number of aromatic hydroxyl groups is 2. The van der Waals surface area contributed by atoms with Crippen LogP contribution in [0.5, 0.6) is 23.3 Å². The van der Waals surface area contributed by atoms with Crippen molar-refractivity contribution in [2.75, 3.05) is 51.7 Å². The summed E-state index contributed by atoms with van der Waals surface area (Å²) in [6, 6.07) is 11.3. The van der Waals surface area contributed by atoms with Crippen LogP contribution < -0.4 is 14.8 Å². The van der Waals surface area contributed by atoms with Crippen LogP contribution in [0, 0.1) is 0 Å². The number of ether oxygens (including phenoxy) is 4. The number of aromatic nitrogens is 4. The van der Waals surface area contributed by atoms with E-state index in [1.807, 2.05) is 28.9 Å². The largest absolute Gasteiger partial charge is 0.494 e. The summed E-state index contributed by atoms with van der Waals surface area (Å²) in [7, 11) is 4.84. The standard InChI is InChI=1S/C28H32ClN5O6S/c1-33-24(35)16-23(28(33)36)41-12-11-40-10-9-39-8-7-34-27(31-20-5-4-6-30-26(20)29)19-13-17-14-21(37-2)22(38-3)15-18(17)25(19)32-34/h4-6,13-16,31-32,35-36H,7-12H2,1-3H3. The number of anilines is 2. The molecule has 5 rings (SSSR count). The van der Waals surface area contributed by atoms with Crippen LogP contribution in [0.15, 0.2) is 47.5 Å². The number of pyridine rings is 1. The van der Waals surface area contributed by atoms with Gasteiger partial charge in [0.25, 0.3) is 0 Å². The third-order valence-electron chi connectivity index (χ3n) is 6.64. The van der Waals surface area contributed by atoms with E-state index in [9.17, 15) is 10.2 Å². The topological polar surface area (TPSA) is 128 Å². The molecule has 1 aromatic carbocycles. The maximum absolute atomic E-state index is 9.95. The third-order valence-corrected chi connectivity index (χ3v) is 7.92. The van der Waals surface area contributed by atoms with Crippen molar-refractivity contribution in [3.8, 4) is 34.5 Å². The SMILES string of the molecule is COc1cc2cc3c(Nc4cccnc4Cl)n(CCOCCOCCSc4cc(O)n(C)c4O)[nH]c-3c2cc1OC. The summed E-state index contributed by atoms with van der Waals surface area (Å²) in [5, 5.41) is 28.9. The van der Waals surface area contributed by atoms with E-state index in [4.69, 9.17) is 30.5 Å². The van der Waals surface area contributed by atoms with Gasteiger partial charge in [0.05, 0.1) is 63.5 Å². The first kappa shape index (κ1) is 28.8. The minimum absolute atomic E-state index is 0.0217. The van der Waals surface area contributed by atoms with Gasteiger partial charge in [-0.25, -0.2) is 4.98 Å². The van der Waals surface area contributed by atoms with E-state index in [1.54, 1.807) is 27.5 Å². The number of rotatable bonds is 14. The molecule has 2 aromatic heterocycles. The Bertz CT molecular complexity index is 1600. The molecule has 0 fully saturated rings. The Balaban J connectivity index is 1.21. The lowest BCUT2D eigenvalue weighted by Crippen LogP contribution is -2.13. The number of methoxy groups -OCH3 is 2. The predicted octanol–water partition coefficient (Wildman–Crippen LogP) is 5.46. The van der Waals surface area contributed by atoms with Crippen LogP contribution in [0.4, 0.5) is 11.5 Å². The van der Waals surface area contributed by atoms with Crippen LogP contribution in [-0.4, -0.2) is 75.9 Å². The number of benzene rings is 1. The molecule has 4 N–H and O–H groups in total. The van der Waals surface area contributed by atoms with Crippen molar-refractivity contribution < 1.29 is 29.2 Å². The molecule has 0 saturated heterocycles. The normalized spacial score (nSPS) is 11.5. The van der Waals surface area contributed by atoms with Crippen LogP contribution in [0.3, 0.4) is 0 Å². The number of hydrogen-bond donors (Lipinski definition) is 4. The van der Waals surface area contributed by atoms with Crippen molar-refractivity contribution in [2.24, 2.45) is 7.05 Å². The first-order valence-electron chi connectivity index (χ1n) is 12.9. The molecule has 1 aliphatic carbocycles. The van der Waals surface area contributed by atoms with Gasteiger partial charge in [-0.15, -0.1) is 11.8 Å². The zero-order valence-corrected chi connectivity index (χ0v) is 24.5. The fourth-order valence-electron chi connectivity index (χ4n) is 4.50. The first-order chi connectivity index (χ1) is 19.9. The van der Waals surface area contributed by atoms with Gasteiger partial charge >= 0.3 is 0 Å². The molecule has 0 radical (unpaired) electrons. The Morgan fingerprint density at radius 3 is 2.49 bits per heavy atom. The van der Waals surface area contributed by atoms with E-state index in [0.717, 1.165) is 27.8 Å². The van der Waals surface area contributed by atoms with Crippen LogP contribution in [-0.2, 0) is 23.1 Å². The number of halogens is 1. The van der Waals surface area contributed by atoms with Crippen LogP contribution in [0.25, 0.3) is 22.0 Å². The summed E-state index contributed by atoms with van der Waals surface area (Å²) in [6.45, 7) is 2.37. The lowest BCUT2D eigenvalue weighted by Gasteiger charge is -2.12. The zero-order chi connectivity index (χ0) is 28.9. The monoisotopic (exact) mass is 601 g/mol. The highest BCUT2D eigenvalue weighted by Gasteiger charge is 2.23. The molecule has 1 aliphatic heterocycles. The number of hydrogen-bond acceptors (Lipinski definition) is 9. The minimum atomic E-state index is 0.0217. The first-order valence-corrected chi connectivity index (χ1v) is 14.3. The van der Waals surface area contributed by atoms with E-state index in [2.05, 4.69) is 21.5 Å². The van der Waals surface area contributed by atoms with Gasteiger partial charge in [-0.05, 0) is 35.7 Å². The van der Waals surface area contributed by atoms with Gasteiger partial charge in [-0.1, -0.05) is 11.6 Å². The molecule has 0 amide bonds. The molecule has 0 unspecified atom stereocenters. The number of H-pyrrole nitrogens is 1. The highest BCUT2D eigenvalue weighted by atomic mass is 35.5. The van der Waals surface area contributed by atoms with Gasteiger partial charge in [0.2, 0.25) is 5.88 Å². The molecule has 0 bridgehead atoms. The van der Waals surface area contributed by atoms with E-state index < -0.39 is 0 Å². The molecular formula is C28H32ClN5O6S. The average molecular weight is 602 g/mol. The van der Waals surface area contributed by atoms with E-state index in [-0.39, 0.29) is 11.8 Å². The number of fused-ring (bicyclic) bond motifs is 3. The summed E-state index contributed by atoms with van der Waals surface area (Å²) in [5.41, 5.74) is 2.62. The Kier molecular flexibility index (Phi) is 9.03. The van der Waals surface area contributed by atoms with Crippen LogP contribution in [0.1, 0.15) is 0 Å². The fourth-order valence-corrected chi connectivity index (χ4v) is 5.55. The molecule has 0 spiro atoms. The summed E-state index contributed by atoms with van der Waals surface area (Å²) in [6.07, 6.45) is 1.65. The second kappa shape index (κ2) is 12.9. The zero-order valence-electron chi connectivity index (χ0n) is 22.9. The summed E-state index contributed by atoms with van der Waals surface area (Å²) in [5.74, 6) is 2.85. The minimum Gasteiger partial charge on any atom is -0.494 e. The highest BCUT2D eigenvalue weighted by Crippen LogP contribution is 2.44. The quantitative estimate of drug-likeness (QED) is 0.0745. The second-order valence-corrected chi connectivity index (χ2v) is 10.6. The number of nitrogens with one attached hydrogen (secondary N) is 2. The van der Waals surface area contributed by atoms with Crippen LogP contribution >= 0.6 is 23.4 Å². The van der Waals surface area contributed by atoms with Crippen LogP contribution in [0.2, 0.25) is 5.15 Å². The summed E-state index contributed by atoms with van der Waals surface area (Å²) >= 11 is 7.78. The van der Waals surface area contributed by atoms with Crippen molar-refractivity contribution in [1.82, 2.24) is 19.3 Å². The van der Waals surface area contributed by atoms with Gasteiger partial charge in [0.1, 0.15) is 5.82 Å². The predicted molar refractivity (Wildman–Crippen MR) is 160 cm³/mol. The Labute approximate surface area is 246 Å². The van der Waals surface area contributed by atoms with Gasteiger partial charge in [0, 0.05) is 36.0 Å². The maximum Gasteiger partial charge on any atom is 0.207 e. The molecule has 11 nitrogen and oxygen atoms in total. The van der Waals surface area contributed by atoms with Crippen molar-refractivity contribution in [3.63, 3.8) is 0 Å². The maximum atomic E-state index is 9.95. The Morgan fingerprint density at radius 2 is 1.78 bits per heavy atom. The van der Waals surface area contributed by atoms with E-state index >= 15 is 0 Å². The summed E-state index contributed by atoms with van der Waals surface area (Å²) < 4.78 is 25.8. The molecule has 3 aromatic rings. The smallest absolute Gasteiger partial charge is 0.207 e. The molecule has 3 heterocycles. The molecule has 218 valence electrons. The van der Waals surface area contributed by atoms with Gasteiger partial charge in [0.15, 0.2) is 22.5 Å². The van der Waals surface area contributed by atoms with E-state index in [0.29, 0.717) is 66.0 Å². The van der Waals surface area contributed by atoms with Gasteiger partial charge in [-0.2, -0.15) is 0 Å². The van der Waals surface area contributed by atoms with E-state index in [1.165, 1.54) is 22.4 Å². The number of aromatic amines is 1. The Morgan fingerprint density at radius 1 is 1.02 bits per heavy atom. The third kappa shape index (κ3) is 6.15. The molecule has 2 aliphatic rings. The summed E-state index contributed by atoms with van der Waals surface area (Å²) in [4.78, 5) is 4.81. The molecule has 13 heteroatoms. The van der Waals surface area contributed by atoms with Crippen molar-refractivity contribution >= 4 is 45.6 Å². The highest BCUT2D eigenvalue weighted by molar-refractivity contribution is 7.99. The average Bonchev–Trinajstić information content (AvgIpc) is 3.58. The Hall–Kier alpha value is -3.71. The number of nitrogens with zero attached hydrogens (tertiary/aromatic N) is 3. The van der Waals surface area contributed by atoms with Crippen molar-refractivity contribution in [3.05, 3.63) is 47.7 Å². The van der Waals surface area contributed by atoms with Crippen molar-refractivity contribution in [2.45, 2.75) is 11.4 Å². The lowest BCUT2D eigenvalue weighted by atomic mass is 10.2. The molecular weight excluding hydrogens is 570 g/mol. The lowest BCUT2D eigenvalue weighted by molar-refractivity contribution is 0.0499. The van der Waals surface area contributed by atoms with Gasteiger partial charge < -0.3 is 34.5 Å².